The fourth-order valence-corrected chi connectivity index (χ4v) is 2.76. The van der Waals surface area contributed by atoms with Crippen LogP contribution in [0.1, 0.15) is 6.42 Å². The molecule has 1 unspecified atom stereocenters. The van der Waals surface area contributed by atoms with Crippen molar-refractivity contribution < 1.29 is 19.1 Å². The van der Waals surface area contributed by atoms with E-state index in [4.69, 9.17) is 9.52 Å². The van der Waals surface area contributed by atoms with Crippen LogP contribution in [0.15, 0.2) is 33.5 Å². The molecule has 1 atom stereocenters. The molecule has 0 radical (unpaired) electrons. The number of carbonyl (C=O) groups excluding carboxylic acids is 1. The minimum atomic E-state index is -0.878. The summed E-state index contributed by atoms with van der Waals surface area (Å²) in [5.74, 6) is -1.84. The largest absolute Gasteiger partial charge is 0.481 e. The van der Waals surface area contributed by atoms with Crippen LogP contribution >= 0.6 is 0 Å². The van der Waals surface area contributed by atoms with Gasteiger partial charge in [0.1, 0.15) is 0 Å². The number of fused-ring (bicyclic) bond motifs is 1. The van der Waals surface area contributed by atoms with Gasteiger partial charge in [0.25, 0.3) is 0 Å². The molecule has 0 saturated carbocycles. The summed E-state index contributed by atoms with van der Waals surface area (Å²) in [6.45, 7) is 1.20. The zero-order valence-electron chi connectivity index (χ0n) is 12.4. The molecule has 2 amide bonds. The molecule has 2 aromatic rings. The molecule has 1 aliphatic heterocycles. The highest BCUT2D eigenvalue weighted by Crippen LogP contribution is 2.16. The van der Waals surface area contributed by atoms with Gasteiger partial charge in [-0.3, -0.25) is 9.36 Å². The minimum absolute atomic E-state index is 0.218. The summed E-state index contributed by atoms with van der Waals surface area (Å²) in [6, 6.07) is 6.77. The Morgan fingerprint density at radius 3 is 2.87 bits per heavy atom. The second kappa shape index (κ2) is 6.15. The zero-order chi connectivity index (χ0) is 16.4. The highest BCUT2D eigenvalue weighted by Gasteiger charge is 2.30. The van der Waals surface area contributed by atoms with Crippen molar-refractivity contribution in [3.8, 4) is 0 Å². The van der Waals surface area contributed by atoms with Crippen LogP contribution < -0.4 is 11.1 Å². The monoisotopic (exact) mass is 319 g/mol. The van der Waals surface area contributed by atoms with Gasteiger partial charge in [0.15, 0.2) is 5.58 Å². The lowest BCUT2D eigenvalue weighted by molar-refractivity contribution is -0.141. The number of nitrogens with zero attached hydrogens (tertiary/aromatic N) is 2. The quantitative estimate of drug-likeness (QED) is 0.863. The molecule has 8 nitrogen and oxygen atoms in total. The Morgan fingerprint density at radius 1 is 1.35 bits per heavy atom. The van der Waals surface area contributed by atoms with Crippen LogP contribution in [0.4, 0.5) is 4.79 Å². The average Bonchev–Trinajstić information content (AvgIpc) is 3.12. The minimum Gasteiger partial charge on any atom is -0.481 e. The molecule has 1 aromatic carbocycles. The average molecular weight is 319 g/mol. The summed E-state index contributed by atoms with van der Waals surface area (Å²) in [5.41, 5.74) is 1.19. The predicted octanol–water partition coefficient (Wildman–Crippen LogP) is 0.711. The molecule has 0 bridgehead atoms. The number of oxazole rings is 1. The van der Waals surface area contributed by atoms with E-state index in [1.54, 1.807) is 18.2 Å². The van der Waals surface area contributed by atoms with Gasteiger partial charge < -0.3 is 19.7 Å². The maximum atomic E-state index is 12.0. The van der Waals surface area contributed by atoms with Crippen LogP contribution in [0.3, 0.4) is 0 Å². The number of nitrogens with one attached hydrogen (secondary N) is 1. The number of urea groups is 1. The second-order valence-corrected chi connectivity index (χ2v) is 5.49. The van der Waals surface area contributed by atoms with E-state index in [2.05, 4.69) is 5.32 Å². The summed E-state index contributed by atoms with van der Waals surface area (Å²) in [7, 11) is 0. The molecule has 2 N–H and O–H groups in total. The molecule has 0 aliphatic carbocycles. The zero-order valence-corrected chi connectivity index (χ0v) is 12.4. The molecule has 1 aromatic heterocycles. The highest BCUT2D eigenvalue weighted by atomic mass is 16.4. The number of rotatable bonds is 4. The number of benzene rings is 1. The molecule has 8 heteroatoms. The van der Waals surface area contributed by atoms with E-state index >= 15 is 0 Å². The van der Waals surface area contributed by atoms with Crippen molar-refractivity contribution >= 4 is 23.1 Å². The van der Waals surface area contributed by atoms with Crippen LogP contribution in [0.2, 0.25) is 0 Å². The van der Waals surface area contributed by atoms with E-state index in [1.165, 1.54) is 9.47 Å². The summed E-state index contributed by atoms with van der Waals surface area (Å²) >= 11 is 0. The van der Waals surface area contributed by atoms with Crippen LogP contribution in [-0.2, 0) is 11.3 Å². The first-order chi connectivity index (χ1) is 11.1. The molecular weight excluding hydrogens is 302 g/mol. The van der Waals surface area contributed by atoms with Gasteiger partial charge in [0, 0.05) is 26.2 Å². The van der Waals surface area contributed by atoms with Crippen LogP contribution in [0.5, 0.6) is 0 Å². The summed E-state index contributed by atoms with van der Waals surface area (Å²) in [6.07, 6.45) is 0.467. The lowest BCUT2D eigenvalue weighted by Crippen LogP contribution is -2.40. The number of carboxylic acid groups (broad SMARTS) is 1. The lowest BCUT2D eigenvalue weighted by Gasteiger charge is -2.16. The Morgan fingerprint density at radius 2 is 2.13 bits per heavy atom. The lowest BCUT2D eigenvalue weighted by atomic mass is 10.1. The molecule has 3 rings (SSSR count). The number of aromatic nitrogens is 1. The fraction of sp³-hybridized carbons (Fsp3) is 0.400. The molecule has 1 fully saturated rings. The van der Waals surface area contributed by atoms with Gasteiger partial charge in [-0.15, -0.1) is 0 Å². The number of likely N-dealkylation sites (tertiary alicyclic amines) is 1. The number of para-hydroxylation sites is 2. The third-order valence-corrected chi connectivity index (χ3v) is 4.01. The van der Waals surface area contributed by atoms with E-state index < -0.39 is 17.6 Å². The molecule has 122 valence electrons. The van der Waals surface area contributed by atoms with Crippen LogP contribution in [-0.4, -0.2) is 46.2 Å². The van der Waals surface area contributed by atoms with Gasteiger partial charge in [-0.1, -0.05) is 12.1 Å². The van der Waals surface area contributed by atoms with Crippen molar-refractivity contribution in [2.75, 3.05) is 19.6 Å². The Hall–Kier alpha value is -2.77. The van der Waals surface area contributed by atoms with E-state index in [0.29, 0.717) is 24.1 Å². The molecular formula is C15H17N3O5. The molecule has 23 heavy (non-hydrogen) atoms. The van der Waals surface area contributed by atoms with Gasteiger partial charge in [0.2, 0.25) is 0 Å². The van der Waals surface area contributed by atoms with Gasteiger partial charge >= 0.3 is 17.8 Å². The second-order valence-electron chi connectivity index (χ2n) is 5.49. The number of aliphatic carboxylic acids is 1. The topological polar surface area (TPSA) is 105 Å². The van der Waals surface area contributed by atoms with Crippen molar-refractivity contribution in [2.24, 2.45) is 5.92 Å². The van der Waals surface area contributed by atoms with Crippen molar-refractivity contribution in [3.63, 3.8) is 0 Å². The van der Waals surface area contributed by atoms with E-state index in [1.807, 2.05) is 6.07 Å². The number of carboxylic acids is 1. The standard InChI is InChI=1S/C15H17N3O5/c19-13(20)10-5-7-17(9-10)14(21)16-6-8-18-11-3-1-2-4-12(11)23-15(18)22/h1-4,10H,5-9H2,(H,16,21)(H,19,20). The third-order valence-electron chi connectivity index (χ3n) is 4.01. The Balaban J connectivity index is 1.57. The van der Waals surface area contributed by atoms with E-state index in [9.17, 15) is 14.4 Å². The Kier molecular flexibility index (Phi) is 4.05. The van der Waals surface area contributed by atoms with Crippen LogP contribution in [0.25, 0.3) is 11.1 Å². The number of amides is 2. The Labute approximate surface area is 131 Å². The van der Waals surface area contributed by atoms with Crippen LogP contribution in [0, 0.1) is 5.92 Å². The predicted molar refractivity (Wildman–Crippen MR) is 81.2 cm³/mol. The molecule has 1 aliphatic rings. The number of carbonyl (C=O) groups is 2. The summed E-state index contributed by atoms with van der Waals surface area (Å²) in [4.78, 5) is 36.2. The highest BCUT2D eigenvalue weighted by molar-refractivity contribution is 5.77. The van der Waals surface area contributed by atoms with Crippen molar-refractivity contribution in [1.82, 2.24) is 14.8 Å². The maximum Gasteiger partial charge on any atom is 0.420 e. The summed E-state index contributed by atoms with van der Waals surface area (Å²) in [5, 5.41) is 11.6. The first-order valence-corrected chi connectivity index (χ1v) is 7.40. The number of hydrogen-bond donors (Lipinski definition) is 2. The maximum absolute atomic E-state index is 12.0. The smallest absolute Gasteiger partial charge is 0.420 e. The molecule has 2 heterocycles. The van der Waals surface area contributed by atoms with Crippen molar-refractivity contribution in [3.05, 3.63) is 34.8 Å². The van der Waals surface area contributed by atoms with Gasteiger partial charge in [-0.25, -0.2) is 9.59 Å². The van der Waals surface area contributed by atoms with E-state index in [0.717, 1.165) is 0 Å². The fourth-order valence-electron chi connectivity index (χ4n) is 2.76. The normalized spacial score (nSPS) is 17.6. The molecule has 0 spiro atoms. The van der Waals surface area contributed by atoms with Gasteiger partial charge in [-0.2, -0.15) is 0 Å². The molecule has 1 saturated heterocycles. The van der Waals surface area contributed by atoms with Gasteiger partial charge in [-0.05, 0) is 18.6 Å². The first kappa shape index (κ1) is 15.1. The first-order valence-electron chi connectivity index (χ1n) is 7.40. The number of hydrogen-bond acceptors (Lipinski definition) is 4. The van der Waals surface area contributed by atoms with Crippen molar-refractivity contribution in [2.45, 2.75) is 13.0 Å². The van der Waals surface area contributed by atoms with Gasteiger partial charge in [0.05, 0.1) is 11.4 Å². The summed E-state index contributed by atoms with van der Waals surface area (Å²) < 4.78 is 6.57. The Bertz CT molecular complexity index is 794. The van der Waals surface area contributed by atoms with E-state index in [-0.39, 0.29) is 25.7 Å². The third kappa shape index (κ3) is 3.05. The SMILES string of the molecule is O=C(O)C1CCN(C(=O)NCCn2c(=O)oc3ccccc32)C1. The van der Waals surface area contributed by atoms with Crippen molar-refractivity contribution in [1.29, 1.82) is 0 Å².